The minimum Gasteiger partial charge on any atom is -0.384 e. The Bertz CT molecular complexity index is 1190. The summed E-state index contributed by atoms with van der Waals surface area (Å²) < 4.78 is 39.8. The van der Waals surface area contributed by atoms with Gasteiger partial charge in [0.2, 0.25) is 5.91 Å². The molecule has 11 heteroatoms. The van der Waals surface area contributed by atoms with Crippen molar-refractivity contribution in [2.24, 2.45) is 0 Å². The number of halogens is 3. The smallest absolute Gasteiger partial charge is 0.384 e. The van der Waals surface area contributed by atoms with E-state index in [1.54, 1.807) is 23.8 Å². The highest BCUT2D eigenvalue weighted by atomic mass is 32.1. The number of likely N-dealkylation sites (tertiary alicyclic amines) is 1. The van der Waals surface area contributed by atoms with E-state index in [9.17, 15) is 23.1 Å². The molecule has 1 amide bonds. The minimum atomic E-state index is -4.50. The third-order valence-electron chi connectivity index (χ3n) is 6.98. The molecule has 3 heterocycles. The zero-order chi connectivity index (χ0) is 24.6. The van der Waals surface area contributed by atoms with Crippen LogP contribution in [0.5, 0.6) is 0 Å². The number of hydrogen-bond acceptors (Lipinski definition) is 7. The summed E-state index contributed by atoms with van der Waals surface area (Å²) >= 11 is 1.49. The molecule has 1 aliphatic carbocycles. The van der Waals surface area contributed by atoms with Crippen LogP contribution in [0.3, 0.4) is 0 Å². The van der Waals surface area contributed by atoms with Crippen molar-refractivity contribution in [2.45, 2.75) is 49.5 Å². The second kappa shape index (κ2) is 9.36. The molecule has 0 bridgehead atoms. The molecule has 5 rings (SSSR count). The molecule has 35 heavy (non-hydrogen) atoms. The zero-order valence-electron chi connectivity index (χ0n) is 18.9. The summed E-state index contributed by atoms with van der Waals surface area (Å²) in [6.45, 7) is 1.46. The Hall–Kier alpha value is -2.76. The van der Waals surface area contributed by atoms with Crippen LogP contribution in [0, 0.1) is 0 Å². The summed E-state index contributed by atoms with van der Waals surface area (Å²) in [6, 6.07) is 5.89. The maximum atomic E-state index is 13.3. The lowest BCUT2D eigenvalue weighted by atomic mass is 9.80. The van der Waals surface area contributed by atoms with Crippen molar-refractivity contribution in [1.29, 1.82) is 0 Å². The van der Waals surface area contributed by atoms with E-state index in [-0.39, 0.29) is 24.0 Å². The van der Waals surface area contributed by atoms with E-state index >= 15 is 0 Å². The van der Waals surface area contributed by atoms with Gasteiger partial charge in [-0.2, -0.15) is 13.2 Å². The number of rotatable bonds is 6. The molecule has 0 spiro atoms. The first-order valence-corrected chi connectivity index (χ1v) is 12.4. The van der Waals surface area contributed by atoms with Crippen LogP contribution in [-0.2, 0) is 16.6 Å². The molecule has 1 aromatic carbocycles. The molecule has 3 N–H and O–H groups in total. The highest BCUT2D eigenvalue weighted by Gasteiger charge is 2.41. The number of fused-ring (bicyclic) bond motifs is 1. The Morgan fingerprint density at radius 3 is 2.69 bits per heavy atom. The van der Waals surface area contributed by atoms with Crippen molar-refractivity contribution in [3.05, 3.63) is 52.6 Å². The van der Waals surface area contributed by atoms with E-state index in [1.165, 1.54) is 23.6 Å². The molecule has 0 atom stereocenters. The van der Waals surface area contributed by atoms with E-state index in [2.05, 4.69) is 25.5 Å². The Balaban J connectivity index is 1.10. The third kappa shape index (κ3) is 4.98. The van der Waals surface area contributed by atoms with Crippen LogP contribution in [0.25, 0.3) is 10.9 Å². The molecular formula is C24H26F3N5O2S. The number of carbonyl (C=O) groups excluding carboxylic acids is 1. The molecule has 186 valence electrons. The van der Waals surface area contributed by atoms with Crippen LogP contribution in [0.4, 0.5) is 18.9 Å². The normalized spacial score (nSPS) is 23.7. The van der Waals surface area contributed by atoms with Crippen LogP contribution in [-0.4, -0.2) is 57.6 Å². The molecule has 3 aromatic rings. The number of benzene rings is 1. The molecule has 2 aliphatic rings. The van der Waals surface area contributed by atoms with Crippen LogP contribution >= 0.6 is 11.3 Å². The largest absolute Gasteiger partial charge is 0.418 e. The van der Waals surface area contributed by atoms with Crippen LogP contribution in [0.2, 0.25) is 0 Å². The Labute approximate surface area is 204 Å². The average Bonchev–Trinajstić information content (AvgIpc) is 3.36. The second-order valence-corrected chi connectivity index (χ2v) is 10.1. The highest BCUT2D eigenvalue weighted by molar-refractivity contribution is 7.09. The predicted molar refractivity (Wildman–Crippen MR) is 127 cm³/mol. The number of nitrogens with zero attached hydrogens (tertiary/aromatic N) is 3. The quantitative estimate of drug-likeness (QED) is 0.473. The summed E-state index contributed by atoms with van der Waals surface area (Å²) in [5.74, 6) is -0.213. The van der Waals surface area contributed by atoms with Gasteiger partial charge in [-0.25, -0.2) is 0 Å². The summed E-state index contributed by atoms with van der Waals surface area (Å²) in [5, 5.41) is 17.1. The van der Waals surface area contributed by atoms with Gasteiger partial charge in [0, 0.05) is 42.6 Å². The number of anilines is 1. The van der Waals surface area contributed by atoms with Crippen molar-refractivity contribution in [3.8, 4) is 0 Å². The Morgan fingerprint density at radius 2 is 2.00 bits per heavy atom. The zero-order valence-corrected chi connectivity index (χ0v) is 19.7. The topological polar surface area (TPSA) is 90.4 Å². The van der Waals surface area contributed by atoms with Gasteiger partial charge in [0.1, 0.15) is 5.60 Å². The fourth-order valence-corrected chi connectivity index (χ4v) is 5.83. The number of pyridine rings is 1. The number of aromatic nitrogens is 2. The summed E-state index contributed by atoms with van der Waals surface area (Å²) in [6.07, 6.45) is 1.74. The van der Waals surface area contributed by atoms with Crippen molar-refractivity contribution < 1.29 is 23.1 Å². The third-order valence-corrected chi connectivity index (χ3v) is 7.95. The minimum absolute atomic E-state index is 0.0395. The number of alkyl halides is 3. The van der Waals surface area contributed by atoms with Crippen LogP contribution < -0.4 is 10.6 Å². The van der Waals surface area contributed by atoms with E-state index in [4.69, 9.17) is 0 Å². The SMILES string of the molecule is O=C(CNc1ccnc2c(C(F)(F)F)cccc12)NC1CN(C2CCC(O)(c3cncs3)CC2)C1. The van der Waals surface area contributed by atoms with Gasteiger partial charge in [0.05, 0.1) is 34.1 Å². The molecular weight excluding hydrogens is 479 g/mol. The van der Waals surface area contributed by atoms with E-state index < -0.39 is 17.3 Å². The van der Waals surface area contributed by atoms with Gasteiger partial charge in [-0.05, 0) is 37.8 Å². The van der Waals surface area contributed by atoms with Crippen LogP contribution in [0.1, 0.15) is 36.1 Å². The Morgan fingerprint density at radius 1 is 1.23 bits per heavy atom. The first kappa shape index (κ1) is 24.0. The second-order valence-electron chi connectivity index (χ2n) is 9.26. The standard InChI is InChI=1S/C24H26F3N5O2S/c25-24(26,27)18-3-1-2-17-19(6-9-29-22(17)18)30-11-21(33)31-15-12-32(13-15)16-4-7-23(34,8-5-16)20-10-28-14-35-20/h1-3,6,9-10,14-16,34H,4-5,7-8,11-13H2,(H,29,30)(H,31,33). The molecule has 2 fully saturated rings. The van der Waals surface area contributed by atoms with Gasteiger partial charge in [0.15, 0.2) is 0 Å². The molecule has 1 saturated heterocycles. The van der Waals surface area contributed by atoms with Gasteiger partial charge >= 0.3 is 6.18 Å². The molecule has 0 radical (unpaired) electrons. The van der Waals surface area contributed by atoms with Crippen molar-refractivity contribution in [3.63, 3.8) is 0 Å². The van der Waals surface area contributed by atoms with E-state index in [0.29, 0.717) is 30.0 Å². The monoisotopic (exact) mass is 505 g/mol. The number of aliphatic hydroxyl groups is 1. The van der Waals surface area contributed by atoms with Gasteiger partial charge in [0.25, 0.3) is 0 Å². The van der Waals surface area contributed by atoms with Gasteiger partial charge in [-0.3, -0.25) is 19.7 Å². The fourth-order valence-electron chi connectivity index (χ4n) is 5.05. The van der Waals surface area contributed by atoms with Crippen LogP contribution in [0.15, 0.2) is 42.2 Å². The van der Waals surface area contributed by atoms with Gasteiger partial charge in [-0.15, -0.1) is 11.3 Å². The van der Waals surface area contributed by atoms with Crippen molar-refractivity contribution in [2.75, 3.05) is 25.0 Å². The lowest BCUT2D eigenvalue weighted by Crippen LogP contribution is -2.63. The number of carbonyl (C=O) groups is 1. The maximum Gasteiger partial charge on any atom is 0.418 e. The lowest BCUT2D eigenvalue weighted by Gasteiger charge is -2.48. The number of para-hydroxylation sites is 1. The summed E-state index contributed by atoms with van der Waals surface area (Å²) in [5.41, 5.74) is 0.455. The molecule has 1 saturated carbocycles. The number of thiazole rings is 1. The lowest BCUT2D eigenvalue weighted by molar-refractivity contribution is -0.136. The Kier molecular flexibility index (Phi) is 6.41. The number of nitrogens with one attached hydrogen (secondary N) is 2. The number of amides is 1. The van der Waals surface area contributed by atoms with Crippen molar-refractivity contribution >= 4 is 33.8 Å². The fraction of sp³-hybridized carbons (Fsp3) is 0.458. The maximum absolute atomic E-state index is 13.3. The average molecular weight is 506 g/mol. The predicted octanol–water partition coefficient (Wildman–Crippen LogP) is 3.75. The summed E-state index contributed by atoms with van der Waals surface area (Å²) in [7, 11) is 0. The first-order valence-electron chi connectivity index (χ1n) is 11.6. The summed E-state index contributed by atoms with van der Waals surface area (Å²) in [4.78, 5) is 23.7. The van der Waals surface area contributed by atoms with E-state index in [0.717, 1.165) is 36.9 Å². The first-order chi connectivity index (χ1) is 16.7. The molecule has 0 unspecified atom stereocenters. The molecule has 7 nitrogen and oxygen atoms in total. The molecule has 2 aromatic heterocycles. The number of hydrogen-bond donors (Lipinski definition) is 3. The van der Waals surface area contributed by atoms with Crippen molar-refractivity contribution in [1.82, 2.24) is 20.2 Å². The van der Waals surface area contributed by atoms with Gasteiger partial charge < -0.3 is 15.7 Å². The molecule has 1 aliphatic heterocycles. The van der Waals surface area contributed by atoms with Gasteiger partial charge in [-0.1, -0.05) is 12.1 Å². The van der Waals surface area contributed by atoms with E-state index in [1.807, 2.05) is 0 Å². The highest BCUT2D eigenvalue weighted by Crippen LogP contribution is 2.41.